The minimum absolute atomic E-state index is 0.382. The van der Waals surface area contributed by atoms with Crippen molar-refractivity contribution in [2.24, 2.45) is 5.16 Å². The van der Waals surface area contributed by atoms with E-state index in [2.05, 4.69) is 27.2 Å². The highest BCUT2D eigenvalue weighted by Gasteiger charge is 1.95. The van der Waals surface area contributed by atoms with Crippen molar-refractivity contribution >= 4 is 22.1 Å². The Balaban J connectivity index is 1.90. The summed E-state index contributed by atoms with van der Waals surface area (Å²) in [5.41, 5.74) is 2.58. The van der Waals surface area contributed by atoms with Crippen LogP contribution in [0.3, 0.4) is 0 Å². The fraction of sp³-hybridized carbons (Fsp3) is 0.0667. The van der Waals surface area contributed by atoms with Crippen LogP contribution in [0.5, 0.6) is 0 Å². The van der Waals surface area contributed by atoms with Gasteiger partial charge in [0.15, 0.2) is 0 Å². The standard InChI is InChI=1S/C15H11BrN2O/c16-15-4-2-1-3-14(15)10-18-19-11-13-7-5-12(9-17)6-8-13/h1-8,10H,11H2. The second-order valence-electron chi connectivity index (χ2n) is 3.84. The summed E-state index contributed by atoms with van der Waals surface area (Å²) in [6.45, 7) is 0.382. The lowest BCUT2D eigenvalue weighted by molar-refractivity contribution is 0.132. The lowest BCUT2D eigenvalue weighted by Crippen LogP contribution is -1.89. The third-order valence-electron chi connectivity index (χ3n) is 2.49. The number of benzene rings is 2. The van der Waals surface area contributed by atoms with Crippen LogP contribution in [0.1, 0.15) is 16.7 Å². The van der Waals surface area contributed by atoms with Crippen molar-refractivity contribution in [3.8, 4) is 6.07 Å². The molecule has 0 radical (unpaired) electrons. The summed E-state index contributed by atoms with van der Waals surface area (Å²) >= 11 is 3.43. The summed E-state index contributed by atoms with van der Waals surface area (Å²) in [4.78, 5) is 5.22. The molecule has 19 heavy (non-hydrogen) atoms. The van der Waals surface area contributed by atoms with Crippen LogP contribution >= 0.6 is 15.9 Å². The van der Waals surface area contributed by atoms with Crippen molar-refractivity contribution in [2.45, 2.75) is 6.61 Å². The van der Waals surface area contributed by atoms with Crippen molar-refractivity contribution in [2.75, 3.05) is 0 Å². The van der Waals surface area contributed by atoms with E-state index in [4.69, 9.17) is 10.1 Å². The first kappa shape index (κ1) is 13.3. The monoisotopic (exact) mass is 314 g/mol. The SMILES string of the molecule is N#Cc1ccc(CON=Cc2ccccc2Br)cc1. The van der Waals surface area contributed by atoms with Gasteiger partial charge in [0.05, 0.1) is 17.8 Å². The maximum absolute atomic E-state index is 8.69. The first-order valence-corrected chi connectivity index (χ1v) is 6.48. The molecule has 0 aliphatic heterocycles. The van der Waals surface area contributed by atoms with E-state index in [-0.39, 0.29) is 0 Å². The topological polar surface area (TPSA) is 45.4 Å². The van der Waals surface area contributed by atoms with Crippen molar-refractivity contribution < 1.29 is 4.84 Å². The van der Waals surface area contributed by atoms with E-state index < -0.39 is 0 Å². The Kier molecular flexibility index (Phi) is 4.71. The van der Waals surface area contributed by atoms with E-state index in [0.29, 0.717) is 12.2 Å². The van der Waals surface area contributed by atoms with E-state index in [1.165, 1.54) is 0 Å². The van der Waals surface area contributed by atoms with E-state index in [1.807, 2.05) is 36.4 Å². The minimum atomic E-state index is 0.382. The summed E-state index contributed by atoms with van der Waals surface area (Å²) in [7, 11) is 0. The van der Waals surface area contributed by atoms with Gasteiger partial charge in [-0.3, -0.25) is 0 Å². The van der Waals surface area contributed by atoms with Crippen LogP contribution in [-0.4, -0.2) is 6.21 Å². The normalized spacial score (nSPS) is 10.3. The molecule has 0 fully saturated rings. The number of hydrogen-bond acceptors (Lipinski definition) is 3. The molecule has 0 unspecified atom stereocenters. The smallest absolute Gasteiger partial charge is 0.142 e. The Morgan fingerprint density at radius 2 is 1.89 bits per heavy atom. The fourth-order valence-electron chi connectivity index (χ4n) is 1.46. The van der Waals surface area contributed by atoms with Crippen LogP contribution in [0, 0.1) is 11.3 Å². The predicted octanol–water partition coefficient (Wildman–Crippen LogP) is 3.87. The van der Waals surface area contributed by atoms with Crippen LogP contribution < -0.4 is 0 Å². The molecule has 0 amide bonds. The van der Waals surface area contributed by atoms with Crippen LogP contribution in [0.25, 0.3) is 0 Å². The highest BCUT2D eigenvalue weighted by molar-refractivity contribution is 9.10. The summed E-state index contributed by atoms with van der Waals surface area (Å²) in [5, 5.41) is 12.6. The highest BCUT2D eigenvalue weighted by atomic mass is 79.9. The molecule has 0 N–H and O–H groups in total. The van der Waals surface area contributed by atoms with Gasteiger partial charge in [-0.2, -0.15) is 5.26 Å². The molecular weight excluding hydrogens is 304 g/mol. The Bertz CT molecular complexity index is 615. The molecule has 2 aromatic rings. The van der Waals surface area contributed by atoms with Crippen LogP contribution in [0.2, 0.25) is 0 Å². The zero-order valence-electron chi connectivity index (χ0n) is 10.1. The molecule has 0 atom stereocenters. The summed E-state index contributed by atoms with van der Waals surface area (Å²) in [6, 6.07) is 17.1. The second kappa shape index (κ2) is 6.72. The lowest BCUT2D eigenvalue weighted by atomic mass is 10.2. The van der Waals surface area contributed by atoms with E-state index in [1.54, 1.807) is 18.3 Å². The predicted molar refractivity (Wildman–Crippen MR) is 77.7 cm³/mol. The van der Waals surface area contributed by atoms with E-state index in [0.717, 1.165) is 15.6 Å². The molecule has 4 heteroatoms. The zero-order valence-corrected chi connectivity index (χ0v) is 11.7. The molecule has 2 aromatic carbocycles. The fourth-order valence-corrected chi connectivity index (χ4v) is 1.85. The first-order chi connectivity index (χ1) is 9.29. The van der Waals surface area contributed by atoms with Gasteiger partial charge in [0.2, 0.25) is 0 Å². The van der Waals surface area contributed by atoms with Crippen molar-refractivity contribution in [3.63, 3.8) is 0 Å². The zero-order chi connectivity index (χ0) is 13.5. The number of nitriles is 1. The number of rotatable bonds is 4. The molecule has 0 heterocycles. The quantitative estimate of drug-likeness (QED) is 0.635. The number of nitrogens with zero attached hydrogens (tertiary/aromatic N) is 2. The molecule has 0 aliphatic carbocycles. The maximum Gasteiger partial charge on any atom is 0.142 e. The molecular formula is C15H11BrN2O. The van der Waals surface area contributed by atoms with Crippen molar-refractivity contribution in [1.82, 2.24) is 0 Å². The molecule has 3 nitrogen and oxygen atoms in total. The Morgan fingerprint density at radius 1 is 1.16 bits per heavy atom. The van der Waals surface area contributed by atoms with Gasteiger partial charge in [0, 0.05) is 10.0 Å². The molecule has 0 saturated carbocycles. The number of oxime groups is 1. The van der Waals surface area contributed by atoms with Gasteiger partial charge >= 0.3 is 0 Å². The average molecular weight is 315 g/mol. The van der Waals surface area contributed by atoms with Gasteiger partial charge < -0.3 is 4.84 Å². The van der Waals surface area contributed by atoms with Gasteiger partial charge in [-0.25, -0.2) is 0 Å². The third kappa shape index (κ3) is 3.94. The van der Waals surface area contributed by atoms with Gasteiger partial charge in [0.1, 0.15) is 6.61 Å². The summed E-state index contributed by atoms with van der Waals surface area (Å²) < 4.78 is 0.973. The molecule has 0 bridgehead atoms. The van der Waals surface area contributed by atoms with Crippen LogP contribution in [0.4, 0.5) is 0 Å². The molecule has 2 rings (SSSR count). The first-order valence-electron chi connectivity index (χ1n) is 5.68. The summed E-state index contributed by atoms with van der Waals surface area (Å²) in [6.07, 6.45) is 1.66. The van der Waals surface area contributed by atoms with Crippen molar-refractivity contribution in [3.05, 3.63) is 69.7 Å². The third-order valence-corrected chi connectivity index (χ3v) is 3.21. The maximum atomic E-state index is 8.69. The average Bonchev–Trinajstić information content (AvgIpc) is 2.46. The Labute approximate surface area is 120 Å². The van der Waals surface area contributed by atoms with Gasteiger partial charge in [-0.1, -0.05) is 51.4 Å². The van der Waals surface area contributed by atoms with Gasteiger partial charge in [-0.05, 0) is 23.8 Å². The minimum Gasteiger partial charge on any atom is -0.391 e. The number of halogens is 1. The molecule has 94 valence electrons. The molecule has 0 aromatic heterocycles. The molecule has 0 aliphatic rings. The second-order valence-corrected chi connectivity index (χ2v) is 4.69. The van der Waals surface area contributed by atoms with Crippen LogP contribution in [0.15, 0.2) is 58.2 Å². The molecule has 0 spiro atoms. The summed E-state index contributed by atoms with van der Waals surface area (Å²) in [5.74, 6) is 0. The molecule has 0 saturated heterocycles. The Hall–Kier alpha value is -2.12. The van der Waals surface area contributed by atoms with Crippen LogP contribution in [-0.2, 0) is 11.4 Å². The van der Waals surface area contributed by atoms with Gasteiger partial charge in [-0.15, -0.1) is 0 Å². The van der Waals surface area contributed by atoms with E-state index >= 15 is 0 Å². The lowest BCUT2D eigenvalue weighted by Gasteiger charge is -2.00. The van der Waals surface area contributed by atoms with E-state index in [9.17, 15) is 0 Å². The van der Waals surface area contributed by atoms with Gasteiger partial charge in [0.25, 0.3) is 0 Å². The largest absolute Gasteiger partial charge is 0.391 e. The highest BCUT2D eigenvalue weighted by Crippen LogP contribution is 2.13. The Morgan fingerprint density at radius 3 is 2.58 bits per heavy atom. The van der Waals surface area contributed by atoms with Crippen molar-refractivity contribution in [1.29, 1.82) is 5.26 Å². The number of hydrogen-bond donors (Lipinski definition) is 0.